The Labute approximate surface area is 94.2 Å². The monoisotopic (exact) mass is 225 g/mol. The van der Waals surface area contributed by atoms with Crippen molar-refractivity contribution >= 4 is 5.69 Å². The predicted molar refractivity (Wildman–Crippen MR) is 60.0 cm³/mol. The fourth-order valence-corrected chi connectivity index (χ4v) is 1.98. The zero-order chi connectivity index (χ0) is 11.6. The highest BCUT2D eigenvalue weighted by Crippen LogP contribution is 2.25. The summed E-state index contributed by atoms with van der Waals surface area (Å²) in [6.07, 6.45) is 0.735. The van der Waals surface area contributed by atoms with E-state index in [1.165, 1.54) is 12.1 Å². The molecule has 1 aromatic carbocycles. The zero-order valence-electron chi connectivity index (χ0n) is 9.29. The normalized spacial score (nSPS) is 24.7. The lowest BCUT2D eigenvalue weighted by molar-refractivity contribution is 0.152. The minimum absolute atomic E-state index is 0.0113. The molecule has 2 N–H and O–H groups in total. The van der Waals surface area contributed by atoms with Crippen molar-refractivity contribution in [3.8, 4) is 0 Å². The highest BCUT2D eigenvalue weighted by Gasteiger charge is 2.34. The van der Waals surface area contributed by atoms with Crippen LogP contribution >= 0.6 is 0 Å². The first-order valence-electron chi connectivity index (χ1n) is 5.38. The molecule has 0 aromatic heterocycles. The van der Waals surface area contributed by atoms with Crippen molar-refractivity contribution in [2.45, 2.75) is 18.9 Å². The van der Waals surface area contributed by atoms with Crippen molar-refractivity contribution in [3.63, 3.8) is 0 Å². The number of ether oxygens (including phenoxy) is 1. The number of benzene rings is 1. The molecule has 1 heterocycles. The highest BCUT2D eigenvalue weighted by atomic mass is 19.1. The minimum Gasteiger partial charge on any atom is -0.394 e. The lowest BCUT2D eigenvalue weighted by Crippen LogP contribution is -2.42. The molecule has 0 radical (unpaired) electrons. The molecule has 0 aliphatic carbocycles. The second-order valence-electron chi connectivity index (χ2n) is 4.38. The Morgan fingerprint density at radius 2 is 2.31 bits per heavy atom. The maximum atomic E-state index is 13.2. The smallest absolute Gasteiger partial charge is 0.125 e. The average molecular weight is 225 g/mol. The van der Waals surface area contributed by atoms with Crippen LogP contribution in [0.5, 0.6) is 0 Å². The van der Waals surface area contributed by atoms with Crippen molar-refractivity contribution in [1.82, 2.24) is 0 Å². The van der Waals surface area contributed by atoms with E-state index in [2.05, 4.69) is 5.32 Å². The third kappa shape index (κ3) is 2.33. The van der Waals surface area contributed by atoms with Gasteiger partial charge in [-0.15, -0.1) is 0 Å². The lowest BCUT2D eigenvalue weighted by atomic mass is 9.99. The molecule has 1 aliphatic heterocycles. The van der Waals surface area contributed by atoms with E-state index >= 15 is 0 Å². The molecule has 4 heteroatoms. The topological polar surface area (TPSA) is 41.5 Å². The van der Waals surface area contributed by atoms with E-state index in [-0.39, 0.29) is 12.4 Å². The van der Waals surface area contributed by atoms with Gasteiger partial charge < -0.3 is 15.2 Å². The fourth-order valence-electron chi connectivity index (χ4n) is 1.98. The molecule has 0 amide bonds. The second kappa shape index (κ2) is 4.39. The second-order valence-corrected chi connectivity index (χ2v) is 4.38. The Morgan fingerprint density at radius 1 is 1.50 bits per heavy atom. The molecule has 16 heavy (non-hydrogen) atoms. The van der Waals surface area contributed by atoms with E-state index in [9.17, 15) is 9.50 Å². The van der Waals surface area contributed by atoms with Gasteiger partial charge >= 0.3 is 0 Å². The first kappa shape index (κ1) is 11.4. The summed E-state index contributed by atoms with van der Waals surface area (Å²) in [6.45, 7) is 2.91. The molecular weight excluding hydrogens is 209 g/mol. The van der Waals surface area contributed by atoms with E-state index in [0.717, 1.165) is 12.0 Å². The quantitative estimate of drug-likeness (QED) is 0.822. The van der Waals surface area contributed by atoms with E-state index in [0.29, 0.717) is 18.9 Å². The van der Waals surface area contributed by atoms with Crippen LogP contribution in [-0.4, -0.2) is 30.5 Å². The Hall–Kier alpha value is -1.13. The number of aliphatic hydroxyl groups excluding tert-OH is 1. The molecule has 0 saturated carbocycles. The van der Waals surface area contributed by atoms with E-state index in [4.69, 9.17) is 4.74 Å². The van der Waals surface area contributed by atoms with Gasteiger partial charge in [-0.3, -0.25) is 0 Å². The van der Waals surface area contributed by atoms with Gasteiger partial charge in [-0.05, 0) is 37.1 Å². The van der Waals surface area contributed by atoms with Crippen molar-refractivity contribution in [2.24, 2.45) is 0 Å². The molecule has 88 valence electrons. The van der Waals surface area contributed by atoms with Crippen LogP contribution in [0.25, 0.3) is 0 Å². The van der Waals surface area contributed by atoms with Gasteiger partial charge in [-0.2, -0.15) is 0 Å². The van der Waals surface area contributed by atoms with Gasteiger partial charge in [0.2, 0.25) is 0 Å². The SMILES string of the molecule is Cc1cc(F)cc(NC2(CO)CCOC2)c1. The summed E-state index contributed by atoms with van der Waals surface area (Å²) in [5.41, 5.74) is 1.09. The van der Waals surface area contributed by atoms with Crippen LogP contribution in [0.2, 0.25) is 0 Å². The first-order valence-corrected chi connectivity index (χ1v) is 5.38. The van der Waals surface area contributed by atoms with Gasteiger partial charge in [0.1, 0.15) is 5.82 Å². The standard InChI is InChI=1S/C12H16FNO2/c1-9-4-10(13)6-11(5-9)14-12(7-15)2-3-16-8-12/h4-6,14-15H,2-3,7-8H2,1H3. The van der Waals surface area contributed by atoms with Gasteiger partial charge in [0.25, 0.3) is 0 Å². The maximum Gasteiger partial charge on any atom is 0.125 e. The molecule has 1 aliphatic rings. The summed E-state index contributed by atoms with van der Waals surface area (Å²) < 4.78 is 18.5. The number of halogens is 1. The molecule has 1 atom stereocenters. The van der Waals surface area contributed by atoms with Crippen LogP contribution in [0, 0.1) is 12.7 Å². The maximum absolute atomic E-state index is 13.2. The van der Waals surface area contributed by atoms with Gasteiger partial charge in [-0.25, -0.2) is 4.39 Å². The van der Waals surface area contributed by atoms with Gasteiger partial charge in [0, 0.05) is 12.3 Å². The van der Waals surface area contributed by atoms with Crippen molar-refractivity contribution in [3.05, 3.63) is 29.6 Å². The van der Waals surface area contributed by atoms with Crippen LogP contribution in [0.4, 0.5) is 10.1 Å². The lowest BCUT2D eigenvalue weighted by Gasteiger charge is -2.27. The van der Waals surface area contributed by atoms with Crippen molar-refractivity contribution < 1.29 is 14.2 Å². The molecule has 0 bridgehead atoms. The highest BCUT2D eigenvalue weighted by molar-refractivity contribution is 5.48. The van der Waals surface area contributed by atoms with E-state index < -0.39 is 5.54 Å². The summed E-state index contributed by atoms with van der Waals surface area (Å²) in [6, 6.07) is 4.77. The van der Waals surface area contributed by atoms with Crippen LogP contribution < -0.4 is 5.32 Å². The van der Waals surface area contributed by atoms with E-state index in [1.807, 2.05) is 13.0 Å². The van der Waals surface area contributed by atoms with Crippen molar-refractivity contribution in [1.29, 1.82) is 0 Å². The minimum atomic E-state index is -0.458. The first-order chi connectivity index (χ1) is 7.63. The summed E-state index contributed by atoms with van der Waals surface area (Å²) in [5.74, 6) is -0.269. The van der Waals surface area contributed by atoms with Crippen LogP contribution in [-0.2, 0) is 4.74 Å². The van der Waals surface area contributed by atoms with Gasteiger partial charge in [-0.1, -0.05) is 0 Å². The third-order valence-electron chi connectivity index (χ3n) is 2.86. The number of aliphatic hydroxyl groups is 1. The van der Waals surface area contributed by atoms with Crippen LogP contribution in [0.3, 0.4) is 0 Å². The molecule has 3 nitrogen and oxygen atoms in total. The van der Waals surface area contributed by atoms with Crippen molar-refractivity contribution in [2.75, 3.05) is 25.1 Å². The molecule has 2 rings (SSSR count). The summed E-state index contributed by atoms with van der Waals surface area (Å²) >= 11 is 0. The fraction of sp³-hybridized carbons (Fsp3) is 0.500. The molecule has 1 fully saturated rings. The number of aryl methyl sites for hydroxylation is 1. The van der Waals surface area contributed by atoms with Gasteiger partial charge in [0.15, 0.2) is 0 Å². The number of nitrogens with one attached hydrogen (secondary N) is 1. The van der Waals surface area contributed by atoms with Crippen LogP contribution in [0.1, 0.15) is 12.0 Å². The largest absolute Gasteiger partial charge is 0.394 e. The number of hydrogen-bond donors (Lipinski definition) is 2. The number of anilines is 1. The molecule has 1 saturated heterocycles. The van der Waals surface area contributed by atoms with Gasteiger partial charge in [0.05, 0.1) is 18.8 Å². The van der Waals surface area contributed by atoms with Crippen LogP contribution in [0.15, 0.2) is 18.2 Å². The molecule has 1 aromatic rings. The molecule has 1 unspecified atom stereocenters. The Kier molecular flexibility index (Phi) is 3.12. The summed E-state index contributed by atoms with van der Waals surface area (Å²) in [7, 11) is 0. The summed E-state index contributed by atoms with van der Waals surface area (Å²) in [4.78, 5) is 0. The predicted octanol–water partition coefficient (Wildman–Crippen LogP) is 1.70. The third-order valence-corrected chi connectivity index (χ3v) is 2.86. The number of rotatable bonds is 3. The molecular formula is C12H16FNO2. The molecule has 0 spiro atoms. The number of hydrogen-bond acceptors (Lipinski definition) is 3. The Morgan fingerprint density at radius 3 is 2.88 bits per heavy atom. The zero-order valence-corrected chi connectivity index (χ0v) is 9.29. The Balaban J connectivity index is 2.18. The Bertz CT molecular complexity index is 355. The summed E-state index contributed by atoms with van der Waals surface area (Å²) in [5, 5.41) is 12.6. The van der Waals surface area contributed by atoms with E-state index in [1.54, 1.807) is 0 Å². The average Bonchev–Trinajstić information content (AvgIpc) is 2.65.